The summed E-state index contributed by atoms with van der Waals surface area (Å²) < 4.78 is 5.53. The van der Waals surface area contributed by atoms with Crippen LogP contribution < -0.4 is 0 Å². The van der Waals surface area contributed by atoms with Gasteiger partial charge in [0.25, 0.3) is 5.91 Å². The average Bonchev–Trinajstić information content (AvgIpc) is 2.79. The number of ether oxygens (including phenoxy) is 1. The predicted octanol–water partition coefficient (Wildman–Crippen LogP) is 4.36. The molecule has 1 unspecified atom stereocenters. The minimum Gasteiger partial charge on any atom is -0.449 e. The molecule has 0 saturated carbocycles. The maximum Gasteiger partial charge on any atom is 0.341 e. The Hall–Kier alpha value is -3.12. The van der Waals surface area contributed by atoms with Crippen molar-refractivity contribution in [3.05, 3.63) is 89.6 Å². The topological polar surface area (TPSA) is 59.5 Å². The molecule has 1 aromatic heterocycles. The van der Waals surface area contributed by atoms with Gasteiger partial charge in [0.2, 0.25) is 0 Å². The van der Waals surface area contributed by atoms with E-state index in [1.807, 2.05) is 48.5 Å². The Bertz CT molecular complexity index is 1060. The number of rotatable bonds is 5. The van der Waals surface area contributed by atoms with Crippen molar-refractivity contribution in [3.63, 3.8) is 0 Å². The molecule has 0 fully saturated rings. The maximum atomic E-state index is 12.9. The zero-order chi connectivity index (χ0) is 20.9. The molecule has 6 heteroatoms. The van der Waals surface area contributed by atoms with Crippen molar-refractivity contribution in [2.75, 3.05) is 6.54 Å². The lowest BCUT2D eigenvalue weighted by Crippen LogP contribution is -2.42. The summed E-state index contributed by atoms with van der Waals surface area (Å²) in [5, 5.41) is 0.556. The van der Waals surface area contributed by atoms with E-state index < -0.39 is 12.1 Å². The van der Waals surface area contributed by atoms with E-state index in [0.29, 0.717) is 23.7 Å². The van der Waals surface area contributed by atoms with Gasteiger partial charge in [-0.15, -0.1) is 0 Å². The van der Waals surface area contributed by atoms with Gasteiger partial charge in [0.15, 0.2) is 6.10 Å². The van der Waals surface area contributed by atoms with Crippen molar-refractivity contribution >= 4 is 23.6 Å². The first-order valence-electron chi connectivity index (χ1n) is 9.86. The van der Waals surface area contributed by atoms with Gasteiger partial charge in [0.05, 0.1) is 5.56 Å². The van der Waals surface area contributed by atoms with Crippen LogP contribution in [0.1, 0.15) is 28.4 Å². The lowest BCUT2D eigenvalue weighted by molar-refractivity contribution is -0.140. The number of benzene rings is 2. The SMILES string of the molecule is CC(OC(=O)c1cccnc1Sc1ccccc1)C(=O)N1CCc2ccccc2C1. The molecular weight excluding hydrogens is 396 g/mol. The number of nitrogens with zero attached hydrogens (tertiary/aromatic N) is 2. The Morgan fingerprint density at radius 2 is 1.73 bits per heavy atom. The Morgan fingerprint density at radius 1 is 1.00 bits per heavy atom. The summed E-state index contributed by atoms with van der Waals surface area (Å²) in [6.07, 6.45) is 1.59. The van der Waals surface area contributed by atoms with Gasteiger partial charge in [-0.25, -0.2) is 9.78 Å². The van der Waals surface area contributed by atoms with E-state index in [1.165, 1.54) is 17.3 Å². The monoisotopic (exact) mass is 418 g/mol. The Balaban J connectivity index is 1.43. The van der Waals surface area contributed by atoms with E-state index in [9.17, 15) is 9.59 Å². The number of carbonyl (C=O) groups is 2. The van der Waals surface area contributed by atoms with Gasteiger partial charge in [-0.05, 0) is 48.7 Å². The lowest BCUT2D eigenvalue weighted by Gasteiger charge is -2.30. The molecule has 3 aromatic rings. The van der Waals surface area contributed by atoms with E-state index in [2.05, 4.69) is 11.1 Å². The molecule has 0 saturated heterocycles. The molecule has 1 aliphatic rings. The molecule has 30 heavy (non-hydrogen) atoms. The number of amides is 1. The minimum absolute atomic E-state index is 0.181. The summed E-state index contributed by atoms with van der Waals surface area (Å²) in [5.74, 6) is -0.723. The van der Waals surface area contributed by atoms with E-state index in [1.54, 1.807) is 30.2 Å². The summed E-state index contributed by atoms with van der Waals surface area (Å²) in [6, 6.07) is 21.2. The Kier molecular flexibility index (Phi) is 6.14. The predicted molar refractivity (Wildman–Crippen MR) is 115 cm³/mol. The van der Waals surface area contributed by atoms with Crippen LogP contribution >= 0.6 is 11.8 Å². The quantitative estimate of drug-likeness (QED) is 0.576. The first-order chi connectivity index (χ1) is 14.6. The third-order valence-corrected chi connectivity index (χ3v) is 6.05. The Morgan fingerprint density at radius 3 is 2.53 bits per heavy atom. The van der Waals surface area contributed by atoms with Crippen molar-refractivity contribution in [2.24, 2.45) is 0 Å². The van der Waals surface area contributed by atoms with Gasteiger partial charge >= 0.3 is 5.97 Å². The molecule has 0 spiro atoms. The average molecular weight is 419 g/mol. The van der Waals surface area contributed by atoms with Gasteiger partial charge in [0.1, 0.15) is 5.03 Å². The number of esters is 1. The highest BCUT2D eigenvalue weighted by molar-refractivity contribution is 7.99. The first-order valence-corrected chi connectivity index (χ1v) is 10.7. The minimum atomic E-state index is -0.863. The van der Waals surface area contributed by atoms with Gasteiger partial charge in [-0.2, -0.15) is 0 Å². The molecule has 0 aliphatic carbocycles. The summed E-state index contributed by atoms with van der Waals surface area (Å²) in [7, 11) is 0. The van der Waals surface area contributed by atoms with E-state index in [-0.39, 0.29) is 5.91 Å². The summed E-state index contributed by atoms with van der Waals surface area (Å²) in [5.41, 5.74) is 2.77. The van der Waals surface area contributed by atoms with Crippen molar-refractivity contribution in [1.29, 1.82) is 0 Å². The molecule has 2 aromatic carbocycles. The van der Waals surface area contributed by atoms with Gasteiger partial charge in [-0.3, -0.25) is 4.79 Å². The zero-order valence-electron chi connectivity index (χ0n) is 16.7. The molecule has 0 radical (unpaired) electrons. The zero-order valence-corrected chi connectivity index (χ0v) is 17.5. The van der Waals surface area contributed by atoms with Gasteiger partial charge in [-0.1, -0.05) is 54.2 Å². The molecule has 0 bridgehead atoms. The molecule has 0 N–H and O–H groups in total. The molecule has 5 nitrogen and oxygen atoms in total. The summed E-state index contributed by atoms with van der Waals surface area (Å²) in [6.45, 7) is 2.79. The molecular formula is C24H22N2O3S. The van der Waals surface area contributed by atoms with Crippen molar-refractivity contribution in [2.45, 2.75) is 35.9 Å². The number of carbonyl (C=O) groups excluding carboxylic acids is 2. The third-order valence-electron chi connectivity index (χ3n) is 5.02. The number of fused-ring (bicyclic) bond motifs is 1. The van der Waals surface area contributed by atoms with Crippen LogP contribution in [-0.4, -0.2) is 34.4 Å². The second-order valence-corrected chi connectivity index (χ2v) is 8.16. The highest BCUT2D eigenvalue weighted by Crippen LogP contribution is 2.29. The molecule has 4 rings (SSSR count). The highest BCUT2D eigenvalue weighted by Gasteiger charge is 2.28. The second-order valence-electron chi connectivity index (χ2n) is 7.10. The fourth-order valence-corrected chi connectivity index (χ4v) is 4.33. The van der Waals surface area contributed by atoms with Crippen LogP contribution in [0.2, 0.25) is 0 Å². The van der Waals surface area contributed by atoms with Crippen LogP contribution in [0.25, 0.3) is 0 Å². The summed E-state index contributed by atoms with van der Waals surface area (Å²) >= 11 is 1.39. The van der Waals surface area contributed by atoms with Crippen LogP contribution in [-0.2, 0) is 22.5 Å². The van der Waals surface area contributed by atoms with Crippen LogP contribution in [0.15, 0.2) is 82.8 Å². The number of pyridine rings is 1. The molecule has 152 valence electrons. The van der Waals surface area contributed by atoms with E-state index in [0.717, 1.165) is 16.9 Å². The van der Waals surface area contributed by atoms with Crippen LogP contribution in [0.4, 0.5) is 0 Å². The van der Waals surface area contributed by atoms with E-state index >= 15 is 0 Å². The number of hydrogen-bond donors (Lipinski definition) is 0. The van der Waals surface area contributed by atoms with Crippen molar-refractivity contribution < 1.29 is 14.3 Å². The van der Waals surface area contributed by atoms with Crippen molar-refractivity contribution in [1.82, 2.24) is 9.88 Å². The number of hydrogen-bond acceptors (Lipinski definition) is 5. The largest absolute Gasteiger partial charge is 0.449 e. The van der Waals surface area contributed by atoms with Crippen molar-refractivity contribution in [3.8, 4) is 0 Å². The summed E-state index contributed by atoms with van der Waals surface area (Å²) in [4.78, 5) is 32.7. The number of aromatic nitrogens is 1. The second kappa shape index (κ2) is 9.13. The van der Waals surface area contributed by atoms with Crippen LogP contribution in [0.5, 0.6) is 0 Å². The molecule has 2 heterocycles. The van der Waals surface area contributed by atoms with Crippen LogP contribution in [0, 0.1) is 0 Å². The Labute approximate surface area is 180 Å². The standard InChI is InChI=1S/C24H22N2O3S/c1-17(23(27)26-15-13-18-8-5-6-9-19(18)16-26)29-24(28)21-12-7-14-25-22(21)30-20-10-3-2-4-11-20/h2-12,14,17H,13,15-16H2,1H3. The molecule has 1 amide bonds. The normalized spacial score (nSPS) is 14.0. The van der Waals surface area contributed by atoms with Crippen LogP contribution in [0.3, 0.4) is 0 Å². The molecule has 1 aliphatic heterocycles. The molecule has 1 atom stereocenters. The smallest absolute Gasteiger partial charge is 0.341 e. The fourth-order valence-electron chi connectivity index (χ4n) is 3.44. The highest BCUT2D eigenvalue weighted by atomic mass is 32.2. The first kappa shape index (κ1) is 20.2. The lowest BCUT2D eigenvalue weighted by atomic mass is 9.99. The van der Waals surface area contributed by atoms with E-state index in [4.69, 9.17) is 4.74 Å². The van der Waals surface area contributed by atoms with Gasteiger partial charge in [0, 0.05) is 24.2 Å². The third kappa shape index (κ3) is 4.54. The van der Waals surface area contributed by atoms with Gasteiger partial charge < -0.3 is 9.64 Å². The fraction of sp³-hybridized carbons (Fsp3) is 0.208. The maximum absolute atomic E-state index is 12.9.